The van der Waals surface area contributed by atoms with Crippen LogP contribution in [0.1, 0.15) is 35.1 Å². The number of allylic oxidation sites excluding steroid dienone is 1. The van der Waals surface area contributed by atoms with E-state index in [0.717, 1.165) is 11.1 Å². The van der Waals surface area contributed by atoms with E-state index in [9.17, 15) is 0 Å². The number of fused-ring (bicyclic) bond motifs is 1. The number of rotatable bonds is 3. The molecule has 0 bridgehead atoms. The average Bonchev–Trinajstić information content (AvgIpc) is 2.97. The van der Waals surface area contributed by atoms with Crippen LogP contribution in [-0.4, -0.2) is 6.21 Å². The zero-order valence-corrected chi connectivity index (χ0v) is 13.7. The molecule has 1 atom stereocenters. The summed E-state index contributed by atoms with van der Waals surface area (Å²) in [6, 6.07) is 25.4. The summed E-state index contributed by atoms with van der Waals surface area (Å²) in [5.41, 5.74) is 8.66. The molecule has 0 spiro atoms. The second-order valence-electron chi connectivity index (χ2n) is 6.27. The highest BCUT2D eigenvalue weighted by atomic mass is 14.3. The van der Waals surface area contributed by atoms with Gasteiger partial charge in [-0.3, -0.25) is 0 Å². The Balaban J connectivity index is 1.93. The van der Waals surface area contributed by atoms with Crippen LogP contribution in [0.15, 0.2) is 78.4 Å². The molecule has 1 aliphatic rings. The van der Waals surface area contributed by atoms with Crippen LogP contribution in [0, 0.1) is 5.41 Å². The van der Waals surface area contributed by atoms with E-state index in [-0.39, 0.29) is 5.92 Å². The van der Waals surface area contributed by atoms with E-state index < -0.39 is 0 Å². The summed E-state index contributed by atoms with van der Waals surface area (Å²) in [6.45, 7) is 2.21. The van der Waals surface area contributed by atoms with Crippen molar-refractivity contribution in [2.75, 3.05) is 0 Å². The lowest BCUT2D eigenvalue weighted by Crippen LogP contribution is -2.02. The highest BCUT2D eigenvalue weighted by Crippen LogP contribution is 2.44. The Labute approximate surface area is 142 Å². The van der Waals surface area contributed by atoms with Crippen LogP contribution in [0.3, 0.4) is 0 Å². The Morgan fingerprint density at radius 3 is 2.17 bits per heavy atom. The molecular weight excluding hydrogens is 290 g/mol. The van der Waals surface area contributed by atoms with Crippen molar-refractivity contribution >= 4 is 12.3 Å². The first-order valence-electron chi connectivity index (χ1n) is 8.25. The summed E-state index contributed by atoms with van der Waals surface area (Å²) >= 11 is 0. The van der Waals surface area contributed by atoms with Crippen molar-refractivity contribution in [1.82, 2.24) is 0 Å². The smallest absolute Gasteiger partial charge is 0.0311 e. The van der Waals surface area contributed by atoms with Crippen LogP contribution in [0.2, 0.25) is 0 Å². The largest absolute Gasteiger partial charge is 0.308 e. The van der Waals surface area contributed by atoms with Crippen LogP contribution in [0.5, 0.6) is 0 Å². The monoisotopic (exact) mass is 309 g/mol. The van der Waals surface area contributed by atoms with E-state index in [2.05, 4.69) is 67.6 Å². The van der Waals surface area contributed by atoms with Crippen LogP contribution >= 0.6 is 0 Å². The number of hydrogen-bond donors (Lipinski definition) is 1. The average molecular weight is 309 g/mol. The van der Waals surface area contributed by atoms with E-state index in [1.54, 1.807) is 0 Å². The van der Waals surface area contributed by atoms with Crippen LogP contribution in [-0.2, 0) is 0 Å². The van der Waals surface area contributed by atoms with E-state index in [1.807, 2.05) is 18.2 Å². The predicted octanol–water partition coefficient (Wildman–Crippen LogP) is 5.90. The van der Waals surface area contributed by atoms with Gasteiger partial charge < -0.3 is 5.41 Å². The number of benzene rings is 3. The summed E-state index contributed by atoms with van der Waals surface area (Å²) in [5, 5.41) is 7.73. The normalized spacial score (nSPS) is 15.7. The molecule has 0 radical (unpaired) electrons. The fourth-order valence-electron chi connectivity index (χ4n) is 3.75. The lowest BCUT2D eigenvalue weighted by Gasteiger charge is -2.20. The van der Waals surface area contributed by atoms with Crippen molar-refractivity contribution in [2.45, 2.75) is 12.8 Å². The summed E-state index contributed by atoms with van der Waals surface area (Å²) in [4.78, 5) is 0. The Kier molecular flexibility index (Phi) is 3.62. The minimum absolute atomic E-state index is 0.288. The Hall–Kier alpha value is -2.93. The molecule has 1 aliphatic carbocycles. The summed E-state index contributed by atoms with van der Waals surface area (Å²) in [7, 11) is 0. The van der Waals surface area contributed by atoms with Gasteiger partial charge in [0.15, 0.2) is 0 Å². The lowest BCUT2D eigenvalue weighted by atomic mass is 9.83. The molecule has 1 nitrogen and oxygen atoms in total. The molecule has 116 valence electrons. The molecule has 0 heterocycles. The maximum Gasteiger partial charge on any atom is 0.0311 e. The van der Waals surface area contributed by atoms with E-state index in [1.165, 1.54) is 34.0 Å². The first-order valence-corrected chi connectivity index (χ1v) is 8.25. The van der Waals surface area contributed by atoms with Gasteiger partial charge in [0.1, 0.15) is 0 Å². The van der Waals surface area contributed by atoms with Gasteiger partial charge in [0.05, 0.1) is 0 Å². The molecule has 0 amide bonds. The molecular formula is C23H19N. The highest BCUT2D eigenvalue weighted by molar-refractivity contribution is 5.90. The van der Waals surface area contributed by atoms with Gasteiger partial charge in [0.25, 0.3) is 0 Å². The van der Waals surface area contributed by atoms with Gasteiger partial charge in [-0.15, -0.1) is 0 Å². The van der Waals surface area contributed by atoms with Crippen LogP contribution in [0.25, 0.3) is 17.2 Å². The quantitative estimate of drug-likeness (QED) is 0.582. The maximum atomic E-state index is 7.73. The van der Waals surface area contributed by atoms with Crippen molar-refractivity contribution in [3.05, 3.63) is 101 Å². The fourth-order valence-corrected chi connectivity index (χ4v) is 3.75. The van der Waals surface area contributed by atoms with Gasteiger partial charge in [-0.1, -0.05) is 84.4 Å². The second kappa shape index (κ2) is 5.93. The van der Waals surface area contributed by atoms with E-state index >= 15 is 0 Å². The molecule has 0 aromatic heterocycles. The van der Waals surface area contributed by atoms with Gasteiger partial charge in [-0.2, -0.15) is 0 Å². The maximum absolute atomic E-state index is 7.73. The van der Waals surface area contributed by atoms with Gasteiger partial charge in [0, 0.05) is 12.1 Å². The van der Waals surface area contributed by atoms with Gasteiger partial charge in [-0.25, -0.2) is 0 Å². The third kappa shape index (κ3) is 2.30. The first-order chi connectivity index (χ1) is 11.8. The standard InChI is InChI=1S/C23H19N/c1-16-14-17-8-2-5-11-20(17)23(16)22-13-7-6-12-21(22)19-10-4-3-9-18(19)15-24/h2-15,23-24H,1H3. The molecule has 0 fully saturated rings. The second-order valence-corrected chi connectivity index (χ2v) is 6.27. The van der Waals surface area contributed by atoms with E-state index in [4.69, 9.17) is 5.41 Å². The lowest BCUT2D eigenvalue weighted by molar-refractivity contribution is 0.979. The van der Waals surface area contributed by atoms with Gasteiger partial charge >= 0.3 is 0 Å². The third-order valence-corrected chi connectivity index (χ3v) is 4.82. The van der Waals surface area contributed by atoms with Crippen molar-refractivity contribution in [1.29, 1.82) is 5.41 Å². The fraction of sp³-hybridized carbons (Fsp3) is 0.0870. The first kappa shape index (κ1) is 14.6. The molecule has 3 aromatic carbocycles. The molecule has 0 saturated heterocycles. The molecule has 0 aliphatic heterocycles. The molecule has 3 aromatic rings. The van der Waals surface area contributed by atoms with Crippen LogP contribution in [0.4, 0.5) is 0 Å². The molecule has 24 heavy (non-hydrogen) atoms. The van der Waals surface area contributed by atoms with Gasteiger partial charge in [0.2, 0.25) is 0 Å². The number of hydrogen-bond acceptors (Lipinski definition) is 1. The molecule has 1 unspecified atom stereocenters. The predicted molar refractivity (Wildman–Crippen MR) is 102 cm³/mol. The zero-order chi connectivity index (χ0) is 16.5. The Morgan fingerprint density at radius 1 is 0.750 bits per heavy atom. The van der Waals surface area contributed by atoms with Crippen molar-refractivity contribution < 1.29 is 0 Å². The molecule has 0 saturated carbocycles. The topological polar surface area (TPSA) is 23.9 Å². The molecule has 1 heteroatoms. The summed E-state index contributed by atoms with van der Waals surface area (Å²) < 4.78 is 0. The molecule has 4 rings (SSSR count). The van der Waals surface area contributed by atoms with Gasteiger partial charge in [-0.05, 0) is 40.3 Å². The SMILES string of the molecule is CC1=Cc2ccccc2C1c1ccccc1-c1ccccc1C=N. The number of nitrogens with one attached hydrogen (secondary N) is 1. The molecule has 1 N–H and O–H groups in total. The Morgan fingerprint density at radius 2 is 1.38 bits per heavy atom. The van der Waals surface area contributed by atoms with Crippen LogP contribution < -0.4 is 0 Å². The van der Waals surface area contributed by atoms with Crippen molar-refractivity contribution in [2.24, 2.45) is 0 Å². The zero-order valence-electron chi connectivity index (χ0n) is 13.7. The summed E-state index contributed by atoms with van der Waals surface area (Å²) in [6.07, 6.45) is 3.73. The van der Waals surface area contributed by atoms with Crippen molar-refractivity contribution in [3.63, 3.8) is 0 Å². The summed E-state index contributed by atoms with van der Waals surface area (Å²) in [5.74, 6) is 0.288. The van der Waals surface area contributed by atoms with E-state index in [0.29, 0.717) is 0 Å². The minimum Gasteiger partial charge on any atom is -0.308 e. The third-order valence-electron chi connectivity index (χ3n) is 4.82. The minimum atomic E-state index is 0.288. The highest BCUT2D eigenvalue weighted by Gasteiger charge is 2.26. The Bertz CT molecular complexity index is 950. The van der Waals surface area contributed by atoms with Crippen molar-refractivity contribution in [3.8, 4) is 11.1 Å².